The van der Waals surface area contributed by atoms with E-state index in [0.29, 0.717) is 0 Å². The second-order valence-electron chi connectivity index (χ2n) is 1.49. The highest BCUT2D eigenvalue weighted by molar-refractivity contribution is 6.25. The zero-order chi connectivity index (χ0) is 8.58. The van der Waals surface area contributed by atoms with Crippen molar-refractivity contribution in [1.29, 1.82) is 0 Å². The number of hydrogen-bond donors (Lipinski definition) is 1. The molecular formula is C3H2Cl2F4O. The molecule has 0 radical (unpaired) electrons. The standard InChI is InChI=1S/C3H2Cl2F4O/c4-2(6,7)1(10)3(5,8)9/h1,10H. The predicted octanol–water partition coefficient (Wildman–Crippen LogP) is 2.01. The number of rotatable bonds is 2. The molecule has 1 N–H and O–H groups in total. The highest BCUT2D eigenvalue weighted by Gasteiger charge is 2.52. The van der Waals surface area contributed by atoms with Gasteiger partial charge in [-0.3, -0.25) is 0 Å². The second-order valence-corrected chi connectivity index (χ2v) is 2.49. The number of halogens is 6. The summed E-state index contributed by atoms with van der Waals surface area (Å²) in [6.07, 6.45) is -3.37. The molecule has 0 rings (SSSR count). The summed E-state index contributed by atoms with van der Waals surface area (Å²) < 4.78 is 46.3. The van der Waals surface area contributed by atoms with Gasteiger partial charge in [0, 0.05) is 0 Å². The van der Waals surface area contributed by atoms with Crippen LogP contribution >= 0.6 is 23.2 Å². The summed E-state index contributed by atoms with van der Waals surface area (Å²) in [7, 11) is 0. The predicted molar refractivity (Wildman–Crippen MR) is 27.6 cm³/mol. The molecule has 0 spiro atoms. The van der Waals surface area contributed by atoms with Gasteiger partial charge in [0.15, 0.2) is 0 Å². The minimum absolute atomic E-state index is 3.37. The first-order chi connectivity index (χ1) is 4.15. The summed E-state index contributed by atoms with van der Waals surface area (Å²) in [5.41, 5.74) is 0. The molecule has 0 fully saturated rings. The van der Waals surface area contributed by atoms with Crippen LogP contribution in [0.4, 0.5) is 17.6 Å². The molecule has 0 unspecified atom stereocenters. The van der Waals surface area contributed by atoms with Crippen molar-refractivity contribution in [3.8, 4) is 0 Å². The summed E-state index contributed by atoms with van der Waals surface area (Å²) in [6.45, 7) is 0. The van der Waals surface area contributed by atoms with Gasteiger partial charge < -0.3 is 5.11 Å². The van der Waals surface area contributed by atoms with Gasteiger partial charge in [0.05, 0.1) is 0 Å². The van der Waals surface area contributed by atoms with Gasteiger partial charge in [0.1, 0.15) is 0 Å². The van der Waals surface area contributed by atoms with Crippen LogP contribution in [0.15, 0.2) is 0 Å². The van der Waals surface area contributed by atoms with Crippen LogP contribution in [-0.4, -0.2) is 22.0 Å². The van der Waals surface area contributed by atoms with E-state index in [-0.39, 0.29) is 0 Å². The molecule has 0 amide bonds. The lowest BCUT2D eigenvalue weighted by atomic mass is 10.4. The van der Waals surface area contributed by atoms with Crippen LogP contribution in [0.25, 0.3) is 0 Å². The molecule has 1 nitrogen and oxygen atoms in total. The highest BCUT2D eigenvalue weighted by Crippen LogP contribution is 2.36. The monoisotopic (exact) mass is 200 g/mol. The van der Waals surface area contributed by atoms with E-state index in [1.54, 1.807) is 0 Å². The van der Waals surface area contributed by atoms with Crippen LogP contribution in [0.3, 0.4) is 0 Å². The summed E-state index contributed by atoms with van der Waals surface area (Å²) in [6, 6.07) is 0. The van der Waals surface area contributed by atoms with Crippen molar-refractivity contribution < 1.29 is 22.7 Å². The van der Waals surface area contributed by atoms with E-state index in [1.807, 2.05) is 0 Å². The third-order valence-electron chi connectivity index (χ3n) is 0.620. The van der Waals surface area contributed by atoms with Gasteiger partial charge in [-0.15, -0.1) is 0 Å². The Morgan fingerprint density at radius 1 is 1.00 bits per heavy atom. The SMILES string of the molecule is OC(C(F)(F)Cl)C(F)(F)Cl. The third-order valence-corrected chi connectivity index (χ3v) is 1.03. The Kier molecular flexibility index (Phi) is 2.78. The molecule has 0 saturated heterocycles. The molecule has 0 atom stereocenters. The molecule has 0 heterocycles. The zero-order valence-electron chi connectivity index (χ0n) is 4.29. The van der Waals surface area contributed by atoms with Crippen molar-refractivity contribution in [3.63, 3.8) is 0 Å². The van der Waals surface area contributed by atoms with Gasteiger partial charge >= 0.3 is 10.8 Å². The van der Waals surface area contributed by atoms with E-state index >= 15 is 0 Å². The van der Waals surface area contributed by atoms with Crippen molar-refractivity contribution in [1.82, 2.24) is 0 Å². The summed E-state index contributed by atoms with van der Waals surface area (Å²) in [5, 5.41) is -0.865. The Morgan fingerprint density at radius 2 is 1.20 bits per heavy atom. The van der Waals surface area contributed by atoms with E-state index in [1.165, 1.54) is 0 Å². The maximum atomic E-state index is 11.6. The van der Waals surface area contributed by atoms with Gasteiger partial charge in [-0.05, 0) is 23.2 Å². The maximum Gasteiger partial charge on any atom is 0.354 e. The Morgan fingerprint density at radius 3 is 1.20 bits per heavy atom. The van der Waals surface area contributed by atoms with E-state index in [9.17, 15) is 17.6 Å². The van der Waals surface area contributed by atoms with Gasteiger partial charge in [-0.2, -0.15) is 17.6 Å². The van der Waals surface area contributed by atoms with Crippen molar-refractivity contribution in [2.75, 3.05) is 0 Å². The molecule has 0 aromatic carbocycles. The minimum atomic E-state index is -4.41. The van der Waals surface area contributed by atoms with Crippen LogP contribution in [0, 0.1) is 0 Å². The molecule has 0 aromatic rings. The molecule has 0 aliphatic carbocycles. The smallest absolute Gasteiger partial charge is 0.354 e. The Bertz CT molecular complexity index is 103. The molecule has 7 heteroatoms. The second kappa shape index (κ2) is 2.71. The highest BCUT2D eigenvalue weighted by atomic mass is 35.5. The van der Waals surface area contributed by atoms with E-state index in [4.69, 9.17) is 5.11 Å². The van der Waals surface area contributed by atoms with E-state index in [0.717, 1.165) is 0 Å². The number of alkyl halides is 6. The molecule has 0 aromatic heterocycles. The molecule has 0 bridgehead atoms. The van der Waals surface area contributed by atoms with Crippen LogP contribution in [0.5, 0.6) is 0 Å². The lowest BCUT2D eigenvalue weighted by molar-refractivity contribution is -0.136. The molecule has 62 valence electrons. The largest absolute Gasteiger partial charge is 0.379 e. The summed E-state index contributed by atoms with van der Waals surface area (Å²) >= 11 is 8.04. The lowest BCUT2D eigenvalue weighted by Crippen LogP contribution is -2.40. The van der Waals surface area contributed by atoms with Gasteiger partial charge in [-0.1, -0.05) is 0 Å². The zero-order valence-corrected chi connectivity index (χ0v) is 5.80. The van der Waals surface area contributed by atoms with Crippen LogP contribution < -0.4 is 0 Å². The average molecular weight is 201 g/mol. The van der Waals surface area contributed by atoms with Crippen LogP contribution in [0.1, 0.15) is 0 Å². The normalized spacial score (nSPS) is 14.4. The fraction of sp³-hybridized carbons (Fsp3) is 1.00. The van der Waals surface area contributed by atoms with Crippen LogP contribution in [-0.2, 0) is 0 Å². The first-order valence-electron chi connectivity index (χ1n) is 1.97. The number of aliphatic hydroxyl groups is 1. The molecular weight excluding hydrogens is 199 g/mol. The molecule has 0 aliphatic heterocycles. The molecule has 10 heavy (non-hydrogen) atoms. The minimum Gasteiger partial charge on any atom is -0.379 e. The topological polar surface area (TPSA) is 20.2 Å². The van der Waals surface area contributed by atoms with Crippen molar-refractivity contribution in [3.05, 3.63) is 0 Å². The van der Waals surface area contributed by atoms with E-state index in [2.05, 4.69) is 23.2 Å². The van der Waals surface area contributed by atoms with Crippen molar-refractivity contribution >= 4 is 23.2 Å². The van der Waals surface area contributed by atoms with Gasteiger partial charge in [0.25, 0.3) is 0 Å². The quantitative estimate of drug-likeness (QED) is 0.535. The summed E-state index contributed by atoms with van der Waals surface area (Å²) in [5.74, 6) is 0. The summed E-state index contributed by atoms with van der Waals surface area (Å²) in [4.78, 5) is 0. The first kappa shape index (κ1) is 10.3. The van der Waals surface area contributed by atoms with Gasteiger partial charge in [-0.25, -0.2) is 0 Å². The van der Waals surface area contributed by atoms with Crippen molar-refractivity contribution in [2.45, 2.75) is 16.9 Å². The molecule has 0 saturated carbocycles. The maximum absolute atomic E-state index is 11.6. The number of hydrogen-bond acceptors (Lipinski definition) is 1. The van der Waals surface area contributed by atoms with Crippen molar-refractivity contribution in [2.24, 2.45) is 0 Å². The first-order valence-corrected chi connectivity index (χ1v) is 2.73. The lowest BCUT2D eigenvalue weighted by Gasteiger charge is -2.19. The molecule has 0 aliphatic rings. The fourth-order valence-corrected chi connectivity index (χ4v) is 0.515. The van der Waals surface area contributed by atoms with Gasteiger partial charge in [0.2, 0.25) is 6.10 Å². The Labute approximate surface area is 63.5 Å². The van der Waals surface area contributed by atoms with Crippen LogP contribution in [0.2, 0.25) is 0 Å². The Balaban J connectivity index is 4.23. The number of aliphatic hydroxyl groups excluding tert-OH is 1. The Hall–Kier alpha value is 0.260. The third kappa shape index (κ3) is 2.90. The average Bonchev–Trinajstić information content (AvgIpc) is 1.59. The fourth-order valence-electron chi connectivity index (χ4n) is 0.186. The van der Waals surface area contributed by atoms with E-state index < -0.39 is 16.9 Å².